The minimum atomic E-state index is -2.45. The Kier molecular flexibility index (Phi) is 5.07. The summed E-state index contributed by atoms with van der Waals surface area (Å²) in [5.74, 6) is 1.60. The highest BCUT2D eigenvalue weighted by Crippen LogP contribution is 2.35. The van der Waals surface area contributed by atoms with Gasteiger partial charge in [0, 0.05) is 29.2 Å². The lowest BCUT2D eigenvalue weighted by atomic mass is 9.91. The molecule has 0 aliphatic heterocycles. The van der Waals surface area contributed by atoms with Crippen LogP contribution in [0, 0.1) is 0 Å². The molecule has 0 aromatic heterocycles. The molecule has 0 atom stereocenters. The number of hydrogen-bond donors (Lipinski definition) is 0. The number of halogens is 1. The van der Waals surface area contributed by atoms with E-state index in [4.69, 9.17) is 20.5 Å². The fraction of sp³-hybridized carbons (Fsp3) is 0.238. The van der Waals surface area contributed by atoms with Gasteiger partial charge < -0.3 is 8.85 Å². The third kappa shape index (κ3) is 4.17. The molecule has 0 fully saturated rings. The van der Waals surface area contributed by atoms with E-state index in [1.807, 2.05) is 37.4 Å². The molecule has 1 aliphatic carbocycles. The highest BCUT2D eigenvalue weighted by Gasteiger charge is 2.33. The summed E-state index contributed by atoms with van der Waals surface area (Å²) in [4.78, 5) is 0. The lowest BCUT2D eigenvalue weighted by molar-refractivity contribution is 0.350. The topological polar surface area (TPSA) is 18.5 Å². The van der Waals surface area contributed by atoms with Crippen molar-refractivity contribution in [2.75, 3.05) is 0 Å². The fourth-order valence-corrected chi connectivity index (χ4v) is 4.68. The molecule has 0 heterocycles. The van der Waals surface area contributed by atoms with E-state index in [-0.39, 0.29) is 0 Å². The zero-order chi connectivity index (χ0) is 18.0. The van der Waals surface area contributed by atoms with Crippen LogP contribution in [0.3, 0.4) is 0 Å². The van der Waals surface area contributed by atoms with Gasteiger partial charge >= 0.3 is 8.56 Å². The molecule has 0 N–H and O–H groups in total. The summed E-state index contributed by atoms with van der Waals surface area (Å²) in [7, 11) is -2.45. The largest absolute Gasteiger partial charge is 0.512 e. The maximum Gasteiger partial charge on any atom is 0.454 e. The van der Waals surface area contributed by atoms with Gasteiger partial charge in [0.25, 0.3) is 0 Å². The van der Waals surface area contributed by atoms with Crippen LogP contribution in [0.25, 0.3) is 11.5 Å². The van der Waals surface area contributed by atoms with Gasteiger partial charge in [0.1, 0.15) is 11.5 Å². The van der Waals surface area contributed by atoms with Crippen molar-refractivity contribution < 1.29 is 8.85 Å². The summed E-state index contributed by atoms with van der Waals surface area (Å²) < 4.78 is 12.6. The number of benzene rings is 2. The Morgan fingerprint density at radius 2 is 1.72 bits per heavy atom. The van der Waals surface area contributed by atoms with E-state index < -0.39 is 8.56 Å². The van der Waals surface area contributed by atoms with Gasteiger partial charge in [0.2, 0.25) is 0 Å². The summed E-state index contributed by atoms with van der Waals surface area (Å²) in [6.07, 6.45) is 2.09. The zero-order valence-electron chi connectivity index (χ0n) is 14.9. The average Bonchev–Trinajstić information content (AvgIpc) is 2.57. The van der Waals surface area contributed by atoms with E-state index in [1.165, 1.54) is 16.7 Å². The summed E-state index contributed by atoms with van der Waals surface area (Å²) in [5, 5.41) is 0.698. The summed E-state index contributed by atoms with van der Waals surface area (Å²) >= 11 is 5.95. The smallest absolute Gasteiger partial charge is 0.454 e. The maximum absolute atomic E-state index is 6.44. The van der Waals surface area contributed by atoms with Crippen LogP contribution in [0.5, 0.6) is 0 Å². The SMILES string of the molecule is C=C(O[Si](C)(C)OC1=C(C)CCc2ccccc21)c1ccc(Cl)cc1. The predicted molar refractivity (Wildman–Crippen MR) is 107 cm³/mol. The van der Waals surface area contributed by atoms with Crippen LogP contribution in [0.1, 0.15) is 30.0 Å². The molecule has 0 bridgehead atoms. The normalized spacial score (nSPS) is 14.1. The molecule has 1 aliphatic rings. The number of aryl methyl sites for hydroxylation is 1. The molecule has 2 aromatic rings. The lowest BCUT2D eigenvalue weighted by Crippen LogP contribution is -2.34. The minimum Gasteiger partial charge on any atom is -0.512 e. The third-order valence-corrected chi connectivity index (χ3v) is 5.99. The van der Waals surface area contributed by atoms with Crippen LogP contribution in [0.2, 0.25) is 18.1 Å². The molecule has 25 heavy (non-hydrogen) atoms. The van der Waals surface area contributed by atoms with Gasteiger partial charge in [0.05, 0.1) is 0 Å². The van der Waals surface area contributed by atoms with Crippen molar-refractivity contribution in [1.29, 1.82) is 0 Å². The van der Waals surface area contributed by atoms with Gasteiger partial charge in [-0.15, -0.1) is 0 Å². The summed E-state index contributed by atoms with van der Waals surface area (Å²) in [5.41, 5.74) is 4.72. The van der Waals surface area contributed by atoms with Gasteiger partial charge in [-0.3, -0.25) is 0 Å². The van der Waals surface area contributed by atoms with E-state index in [1.54, 1.807) is 0 Å². The fourth-order valence-electron chi connectivity index (χ4n) is 3.03. The number of fused-ring (bicyclic) bond motifs is 1. The van der Waals surface area contributed by atoms with Crippen LogP contribution in [0.4, 0.5) is 0 Å². The third-order valence-electron chi connectivity index (χ3n) is 4.30. The quantitative estimate of drug-likeness (QED) is 0.446. The second-order valence-corrected chi connectivity index (χ2v) is 10.4. The molecular weight excluding hydrogens is 348 g/mol. The van der Waals surface area contributed by atoms with Crippen LogP contribution in [-0.4, -0.2) is 8.56 Å². The van der Waals surface area contributed by atoms with Crippen molar-refractivity contribution in [3.8, 4) is 0 Å². The molecule has 0 amide bonds. The average molecular weight is 371 g/mol. The first kappa shape index (κ1) is 17.8. The second kappa shape index (κ2) is 7.10. The Morgan fingerprint density at radius 3 is 2.44 bits per heavy atom. The number of rotatable bonds is 5. The van der Waals surface area contributed by atoms with E-state index in [0.717, 1.165) is 24.2 Å². The Labute approximate surface area is 156 Å². The minimum absolute atomic E-state index is 0.621. The monoisotopic (exact) mass is 370 g/mol. The Balaban J connectivity index is 1.79. The predicted octanol–water partition coefficient (Wildman–Crippen LogP) is 6.42. The molecule has 4 heteroatoms. The molecular formula is C21H23ClO2Si. The molecule has 3 rings (SSSR count). The second-order valence-electron chi connectivity index (χ2n) is 6.80. The van der Waals surface area contributed by atoms with Gasteiger partial charge in [0.15, 0.2) is 0 Å². The van der Waals surface area contributed by atoms with Gasteiger partial charge in [-0.05, 0) is 55.2 Å². The Hall–Kier alpha value is -1.97. The number of hydrogen-bond acceptors (Lipinski definition) is 2. The van der Waals surface area contributed by atoms with E-state index in [9.17, 15) is 0 Å². The van der Waals surface area contributed by atoms with Crippen molar-refractivity contribution in [2.45, 2.75) is 32.9 Å². The van der Waals surface area contributed by atoms with Crippen LogP contribution in [0.15, 0.2) is 60.7 Å². The molecule has 0 radical (unpaired) electrons. The summed E-state index contributed by atoms with van der Waals surface area (Å²) in [6.45, 7) is 10.3. The molecule has 0 spiro atoms. The molecule has 0 unspecified atom stereocenters. The molecule has 0 saturated carbocycles. The van der Waals surface area contributed by atoms with E-state index >= 15 is 0 Å². The molecule has 2 nitrogen and oxygen atoms in total. The molecule has 130 valence electrons. The maximum atomic E-state index is 6.44. The van der Waals surface area contributed by atoms with Crippen molar-refractivity contribution in [3.05, 3.63) is 82.4 Å². The van der Waals surface area contributed by atoms with Gasteiger partial charge in [-0.25, -0.2) is 0 Å². The highest BCUT2D eigenvalue weighted by molar-refractivity contribution is 6.66. The first-order chi connectivity index (χ1) is 11.9. The molecule has 0 saturated heterocycles. The van der Waals surface area contributed by atoms with Gasteiger partial charge in [-0.2, -0.15) is 0 Å². The Morgan fingerprint density at radius 1 is 1.04 bits per heavy atom. The van der Waals surface area contributed by atoms with Crippen molar-refractivity contribution in [3.63, 3.8) is 0 Å². The van der Waals surface area contributed by atoms with Crippen molar-refractivity contribution in [1.82, 2.24) is 0 Å². The van der Waals surface area contributed by atoms with E-state index in [2.05, 4.69) is 37.8 Å². The lowest BCUT2D eigenvalue weighted by Gasteiger charge is -2.31. The van der Waals surface area contributed by atoms with Crippen LogP contribution < -0.4 is 0 Å². The Bertz CT molecular complexity index is 822. The standard InChI is InChI=1S/C21H23ClO2Si/c1-15-9-10-18-7-5-6-8-20(18)21(15)24-25(3,4)23-16(2)17-11-13-19(22)14-12-17/h5-8,11-14H,2,9-10H2,1,3-4H3. The zero-order valence-corrected chi connectivity index (χ0v) is 16.7. The molecule has 2 aromatic carbocycles. The van der Waals surface area contributed by atoms with Crippen LogP contribution in [-0.2, 0) is 15.3 Å². The van der Waals surface area contributed by atoms with E-state index in [0.29, 0.717) is 10.8 Å². The highest BCUT2D eigenvalue weighted by atomic mass is 35.5. The first-order valence-corrected chi connectivity index (χ1v) is 11.7. The van der Waals surface area contributed by atoms with Crippen molar-refractivity contribution in [2.24, 2.45) is 0 Å². The van der Waals surface area contributed by atoms with Gasteiger partial charge in [-0.1, -0.05) is 42.4 Å². The van der Waals surface area contributed by atoms with Crippen molar-refractivity contribution >= 4 is 31.7 Å². The summed E-state index contributed by atoms with van der Waals surface area (Å²) in [6, 6.07) is 15.9. The van der Waals surface area contributed by atoms with Crippen LogP contribution >= 0.6 is 11.6 Å². The number of allylic oxidation sites excluding steroid dienone is 1. The first-order valence-electron chi connectivity index (χ1n) is 8.46.